The molecule has 0 aliphatic carbocycles. The van der Waals surface area contributed by atoms with Crippen LogP contribution in [0.5, 0.6) is 0 Å². The van der Waals surface area contributed by atoms with E-state index < -0.39 is 0 Å². The Morgan fingerprint density at radius 2 is 0.348 bits per heavy atom. The molecular formula is C70H158BrN21. The van der Waals surface area contributed by atoms with Gasteiger partial charge in [0.15, 0.2) is 0 Å². The van der Waals surface area contributed by atoms with E-state index in [1.165, 1.54) is 230 Å². The van der Waals surface area contributed by atoms with Crippen molar-refractivity contribution in [2.75, 3.05) is 295 Å². The normalized spacial score (nSPS) is 24.4. The second-order valence-electron chi connectivity index (χ2n) is 26.9. The number of nitrogens with zero attached hydrogens (tertiary/aromatic N) is 3. The van der Waals surface area contributed by atoms with Gasteiger partial charge in [-0.05, 0) is 370 Å². The first-order valence-electron chi connectivity index (χ1n) is 39.4. The van der Waals surface area contributed by atoms with Crippen molar-refractivity contribution >= 4 is 0 Å². The van der Waals surface area contributed by atoms with E-state index in [9.17, 15) is 0 Å². The molecule has 3 aliphatic heterocycles. The van der Waals surface area contributed by atoms with Crippen LogP contribution in [0, 0.1) is 0 Å². The summed E-state index contributed by atoms with van der Waals surface area (Å²) in [5.74, 6) is 0. The fourth-order valence-corrected chi connectivity index (χ4v) is 12.9. The summed E-state index contributed by atoms with van der Waals surface area (Å²) >= 11 is 0. The molecule has 0 saturated carbocycles. The summed E-state index contributed by atoms with van der Waals surface area (Å²) in [5, 5.41) is 67.3. The first-order valence-corrected chi connectivity index (χ1v) is 39.4. The molecular weight excluding hydrogens is 1210 g/mol. The number of halogens is 1. The Bertz CT molecular complexity index is 1250. The number of hydrogen-bond donors (Lipinski definition) is 18. The van der Waals surface area contributed by atoms with Gasteiger partial charge in [-0.2, -0.15) is 0 Å². The van der Waals surface area contributed by atoms with Gasteiger partial charge in [-0.15, -0.1) is 0 Å². The van der Waals surface area contributed by atoms with Gasteiger partial charge < -0.3 is 127 Å². The predicted octanol–water partition coefficient (Wildman–Crippen LogP) is -1.23. The van der Waals surface area contributed by atoms with Gasteiger partial charge in [0.2, 0.25) is 0 Å². The van der Waals surface area contributed by atoms with Crippen molar-refractivity contribution in [1.82, 2.24) is 106 Å². The van der Waals surface area contributed by atoms with Crippen LogP contribution in [-0.2, 0) is 0 Å². The van der Waals surface area contributed by atoms with Crippen LogP contribution < -0.4 is 113 Å². The van der Waals surface area contributed by atoms with Crippen molar-refractivity contribution < 1.29 is 21.5 Å². The third-order valence-electron chi connectivity index (χ3n) is 18.4. The molecule has 21 nitrogen and oxygen atoms in total. The Labute approximate surface area is 579 Å². The van der Waals surface area contributed by atoms with E-state index in [4.69, 9.17) is 0 Å². The lowest BCUT2D eigenvalue weighted by Gasteiger charge is -2.40. The second kappa shape index (κ2) is 73.4. The van der Waals surface area contributed by atoms with E-state index in [1.54, 1.807) is 0 Å². The van der Waals surface area contributed by atoms with Crippen LogP contribution in [0.4, 0.5) is 0 Å². The maximum absolute atomic E-state index is 3.92. The molecule has 0 bridgehead atoms. The van der Waals surface area contributed by atoms with Crippen LogP contribution in [0.25, 0.3) is 0 Å². The lowest BCUT2D eigenvalue weighted by Crippen LogP contribution is -3.00. The molecule has 18 N–H and O–H groups in total. The highest BCUT2D eigenvalue weighted by atomic mass is 79.9. The zero-order valence-electron chi connectivity index (χ0n) is 60.2. The Hall–Kier alpha value is -0.360. The fourth-order valence-electron chi connectivity index (χ4n) is 12.9. The molecule has 0 unspecified atom stereocenters. The van der Waals surface area contributed by atoms with Crippen LogP contribution in [0.3, 0.4) is 0 Å². The van der Waals surface area contributed by atoms with Crippen LogP contribution in [-0.4, -0.2) is 309 Å². The molecule has 3 heterocycles. The van der Waals surface area contributed by atoms with Crippen molar-refractivity contribution in [3.8, 4) is 0 Å². The molecule has 3 saturated heterocycles. The molecule has 550 valence electrons. The molecule has 92 heavy (non-hydrogen) atoms. The van der Waals surface area contributed by atoms with Crippen LogP contribution in [0.15, 0.2) is 0 Å². The van der Waals surface area contributed by atoms with E-state index >= 15 is 0 Å². The summed E-state index contributed by atoms with van der Waals surface area (Å²) in [6.07, 6.45) is 30.5. The highest BCUT2D eigenvalue weighted by molar-refractivity contribution is 4.69. The molecule has 3 rings (SSSR count). The molecule has 0 aromatic rings. The lowest BCUT2D eigenvalue weighted by molar-refractivity contribution is -0.928. The zero-order valence-corrected chi connectivity index (χ0v) is 61.8. The Morgan fingerprint density at radius 3 is 0.565 bits per heavy atom. The summed E-state index contributed by atoms with van der Waals surface area (Å²) < 4.78 is 1.25. The van der Waals surface area contributed by atoms with Gasteiger partial charge in [0.1, 0.15) is 0 Å². The standard InChI is InChI=1S/C70H158N21.BrH/c1-2-27-72-33-8-38-78-43-13-48-83-55-19-61-89(60-18-54-82-47-12-42-77-37-7-32-71-26-1)64-24-68-91(66-22-58-86-51-16-46-81-41-11-36-75-30-5-6-31-76-52-17-53-87-70-88-59-23-67-91)69-25-65-90-62-20-56-84-49-14-44-79-39-9-34-73-28-3-4-29-74-35-10-40-80-45-15-50-85-57-21-63-90;/h71-88H,1-70H2;1H/q+1;/p-1. The number of quaternary nitrogens is 1. The molecule has 0 radical (unpaired) electrons. The van der Waals surface area contributed by atoms with E-state index in [-0.39, 0.29) is 17.0 Å². The third kappa shape index (κ3) is 61.9. The average Bonchev–Trinajstić information content (AvgIpc) is 1.99. The first kappa shape index (κ1) is 87.7. The van der Waals surface area contributed by atoms with Crippen LogP contribution >= 0.6 is 0 Å². The van der Waals surface area contributed by atoms with Gasteiger partial charge >= 0.3 is 0 Å². The molecule has 22 heteroatoms. The molecule has 3 aliphatic rings. The Balaban J connectivity index is 0.0000288. The fraction of sp³-hybridized carbons (Fsp3) is 1.00. The summed E-state index contributed by atoms with van der Waals surface area (Å²) in [7, 11) is 0. The second-order valence-corrected chi connectivity index (χ2v) is 26.9. The van der Waals surface area contributed by atoms with Crippen molar-refractivity contribution in [2.45, 2.75) is 161 Å². The molecule has 3 fully saturated rings. The van der Waals surface area contributed by atoms with Gasteiger partial charge in [0.25, 0.3) is 0 Å². The van der Waals surface area contributed by atoms with E-state index in [2.05, 4.69) is 106 Å². The zero-order chi connectivity index (χ0) is 63.9. The SMILES string of the molecule is C1CCNCCCNCCCNCCCN(CCC[N+]2(CCCN3CCCNCCCNCCCNCCCCNCCCNCCCNCCC3)CCCNCCCNCCCNCCCCNCCCNCNCCC2)CCCNCCCNCCCNC1.[Br-]. The smallest absolute Gasteiger partial charge is 0.0799 e. The van der Waals surface area contributed by atoms with Crippen molar-refractivity contribution in [1.29, 1.82) is 0 Å². The highest BCUT2D eigenvalue weighted by Gasteiger charge is 2.27. The van der Waals surface area contributed by atoms with Crippen LogP contribution in [0.1, 0.15) is 161 Å². The highest BCUT2D eigenvalue weighted by Crippen LogP contribution is 2.15. The van der Waals surface area contributed by atoms with Gasteiger partial charge in [-0.1, -0.05) is 0 Å². The van der Waals surface area contributed by atoms with Gasteiger partial charge in [-0.25, -0.2) is 0 Å². The summed E-state index contributed by atoms with van der Waals surface area (Å²) in [4.78, 5) is 5.69. The minimum atomic E-state index is 0. The maximum Gasteiger partial charge on any atom is 0.0799 e. The van der Waals surface area contributed by atoms with Gasteiger partial charge in [0.05, 0.1) is 26.2 Å². The average molecular weight is 1370 g/mol. The van der Waals surface area contributed by atoms with E-state index in [0.29, 0.717) is 0 Å². The quantitative estimate of drug-likeness (QED) is 0.128. The molecule has 0 atom stereocenters. The summed E-state index contributed by atoms with van der Waals surface area (Å²) in [6, 6.07) is 0. The Morgan fingerprint density at radius 1 is 0.185 bits per heavy atom. The van der Waals surface area contributed by atoms with Gasteiger partial charge in [0, 0.05) is 58.5 Å². The van der Waals surface area contributed by atoms with E-state index in [0.717, 1.165) is 229 Å². The number of rotatable bonds is 8. The molecule has 0 amide bonds. The lowest BCUT2D eigenvalue weighted by atomic mass is 10.1. The van der Waals surface area contributed by atoms with Crippen molar-refractivity contribution in [3.05, 3.63) is 0 Å². The Kier molecular flexibility index (Phi) is 70.0. The predicted molar refractivity (Wildman–Crippen MR) is 395 cm³/mol. The number of hydrogen-bond acceptors (Lipinski definition) is 20. The minimum Gasteiger partial charge on any atom is -1.00 e. The molecule has 0 spiro atoms. The van der Waals surface area contributed by atoms with Crippen molar-refractivity contribution in [2.24, 2.45) is 0 Å². The molecule has 0 aromatic carbocycles. The van der Waals surface area contributed by atoms with Gasteiger partial charge in [-0.3, -0.25) is 0 Å². The number of nitrogens with one attached hydrogen (secondary N) is 18. The monoisotopic (exact) mass is 1370 g/mol. The van der Waals surface area contributed by atoms with Crippen molar-refractivity contribution in [3.63, 3.8) is 0 Å². The molecule has 0 aromatic heterocycles. The first-order chi connectivity index (χ1) is 45.4. The largest absolute Gasteiger partial charge is 1.00 e. The maximum atomic E-state index is 3.92. The minimum absolute atomic E-state index is 0. The topological polar surface area (TPSA) is 223 Å². The van der Waals surface area contributed by atoms with Crippen LogP contribution in [0.2, 0.25) is 0 Å². The third-order valence-corrected chi connectivity index (χ3v) is 18.4. The van der Waals surface area contributed by atoms with E-state index in [1.807, 2.05) is 0 Å². The summed E-state index contributed by atoms with van der Waals surface area (Å²) in [5.41, 5.74) is 0. The summed E-state index contributed by atoms with van der Waals surface area (Å²) in [6.45, 7) is 50.7.